The quantitative estimate of drug-likeness (QED) is 0.306. The number of hydrogen-bond acceptors (Lipinski definition) is 6. The Kier molecular flexibility index (Phi) is 10.1. The Labute approximate surface area is 262 Å². The summed E-state index contributed by atoms with van der Waals surface area (Å²) in [6.07, 6.45) is 4.53. The van der Waals surface area contributed by atoms with Crippen LogP contribution >= 0.6 is 0 Å². The molecule has 3 fully saturated rings. The summed E-state index contributed by atoms with van der Waals surface area (Å²) in [6, 6.07) is 25.5. The Morgan fingerprint density at radius 3 is 2.36 bits per heavy atom. The highest BCUT2D eigenvalue weighted by Gasteiger charge is 2.41. The molecule has 3 aliphatic rings. The highest BCUT2D eigenvalue weighted by molar-refractivity contribution is 5.73. The van der Waals surface area contributed by atoms with Gasteiger partial charge in [-0.25, -0.2) is 0 Å². The smallest absolute Gasteiger partial charge is 0.217 e. The summed E-state index contributed by atoms with van der Waals surface area (Å²) < 4.78 is 13.7. The number of hydrogen-bond donors (Lipinski definition) is 2. The summed E-state index contributed by atoms with van der Waals surface area (Å²) in [5.41, 5.74) is 6.25. The molecule has 3 aromatic rings. The summed E-state index contributed by atoms with van der Waals surface area (Å²) in [7, 11) is 0. The lowest BCUT2D eigenvalue weighted by atomic mass is 9.89. The first-order valence-electron chi connectivity index (χ1n) is 16.4. The molecule has 0 radical (unpaired) electrons. The van der Waals surface area contributed by atoms with Crippen LogP contribution in [-0.2, 0) is 27.4 Å². The molecule has 3 aromatic carbocycles. The maximum Gasteiger partial charge on any atom is 0.217 e. The van der Waals surface area contributed by atoms with Crippen LogP contribution in [0.25, 0.3) is 11.1 Å². The SMILES string of the molecule is CC(=O)NCc1cccc(-c2cccc([C@@H]3O[C@H](CN4CCC[C@H]4CN4CCCC4)[C@H](C)[C@H](c4ccc(CO)cc4)O3)c2)c1. The van der Waals surface area contributed by atoms with Crippen molar-refractivity contribution in [3.63, 3.8) is 0 Å². The Hall–Kier alpha value is -3.07. The van der Waals surface area contributed by atoms with Crippen LogP contribution in [-0.4, -0.2) is 65.7 Å². The number of nitrogens with zero attached hydrogens (tertiary/aromatic N) is 2. The minimum atomic E-state index is -0.499. The van der Waals surface area contributed by atoms with E-state index < -0.39 is 6.29 Å². The fraction of sp³-hybridized carbons (Fsp3) is 0.486. The fourth-order valence-electron chi connectivity index (χ4n) is 7.12. The number of ether oxygens (including phenoxy) is 2. The van der Waals surface area contributed by atoms with E-state index in [2.05, 4.69) is 70.6 Å². The van der Waals surface area contributed by atoms with Crippen molar-refractivity contribution in [3.05, 3.63) is 95.1 Å². The van der Waals surface area contributed by atoms with Gasteiger partial charge in [-0.2, -0.15) is 0 Å². The lowest BCUT2D eigenvalue weighted by Gasteiger charge is -2.43. The molecule has 0 aromatic heterocycles. The Morgan fingerprint density at radius 2 is 1.61 bits per heavy atom. The topological polar surface area (TPSA) is 74.3 Å². The molecular weight excluding hydrogens is 550 g/mol. The number of carbonyl (C=O) groups excluding carboxylic acids is 1. The van der Waals surface area contributed by atoms with Crippen molar-refractivity contribution in [1.29, 1.82) is 0 Å². The molecule has 3 aliphatic heterocycles. The van der Waals surface area contributed by atoms with Crippen molar-refractivity contribution in [2.45, 2.75) is 77.2 Å². The maximum absolute atomic E-state index is 11.5. The van der Waals surface area contributed by atoms with E-state index in [0.717, 1.165) is 53.0 Å². The predicted octanol–water partition coefficient (Wildman–Crippen LogP) is 5.83. The fourth-order valence-corrected chi connectivity index (χ4v) is 7.12. The van der Waals surface area contributed by atoms with Gasteiger partial charge in [-0.1, -0.05) is 67.6 Å². The first-order chi connectivity index (χ1) is 21.5. The normalized spacial score (nSPS) is 26.2. The van der Waals surface area contributed by atoms with Crippen molar-refractivity contribution in [2.75, 3.05) is 32.7 Å². The average Bonchev–Trinajstić information content (AvgIpc) is 3.74. The van der Waals surface area contributed by atoms with E-state index in [-0.39, 0.29) is 30.6 Å². The minimum absolute atomic E-state index is 0.0140. The molecule has 3 heterocycles. The number of rotatable bonds is 10. The molecule has 2 N–H and O–H groups in total. The zero-order chi connectivity index (χ0) is 30.5. The van der Waals surface area contributed by atoms with Crippen molar-refractivity contribution < 1.29 is 19.4 Å². The molecule has 0 unspecified atom stereocenters. The number of aliphatic hydroxyl groups is 1. The summed E-state index contributed by atoms with van der Waals surface area (Å²) in [4.78, 5) is 16.8. The van der Waals surface area contributed by atoms with Gasteiger partial charge in [0.2, 0.25) is 5.91 Å². The van der Waals surface area contributed by atoms with Crippen LogP contribution in [0.3, 0.4) is 0 Å². The molecule has 5 atom stereocenters. The van der Waals surface area contributed by atoms with E-state index in [0.29, 0.717) is 12.6 Å². The van der Waals surface area contributed by atoms with Crippen LogP contribution in [0.1, 0.15) is 74.2 Å². The highest BCUT2D eigenvalue weighted by Crippen LogP contribution is 2.43. The summed E-state index contributed by atoms with van der Waals surface area (Å²) in [5, 5.41) is 12.5. The average molecular weight is 598 g/mol. The van der Waals surface area contributed by atoms with Crippen LogP contribution in [0.2, 0.25) is 0 Å². The molecule has 1 amide bonds. The molecule has 234 valence electrons. The van der Waals surface area contributed by atoms with Gasteiger partial charge < -0.3 is 24.8 Å². The first-order valence-corrected chi connectivity index (χ1v) is 16.4. The van der Waals surface area contributed by atoms with E-state index in [9.17, 15) is 9.90 Å². The van der Waals surface area contributed by atoms with E-state index in [1.165, 1.54) is 45.7 Å². The largest absolute Gasteiger partial charge is 0.392 e. The van der Waals surface area contributed by atoms with Gasteiger partial charge in [0.15, 0.2) is 6.29 Å². The van der Waals surface area contributed by atoms with E-state index in [1.807, 2.05) is 24.3 Å². The number of nitrogens with one attached hydrogen (secondary N) is 1. The highest BCUT2D eigenvalue weighted by atomic mass is 16.7. The Bertz CT molecular complexity index is 1390. The van der Waals surface area contributed by atoms with Gasteiger partial charge in [0.05, 0.1) is 18.8 Å². The summed E-state index contributed by atoms with van der Waals surface area (Å²) >= 11 is 0. The maximum atomic E-state index is 11.5. The van der Waals surface area contributed by atoms with Gasteiger partial charge >= 0.3 is 0 Å². The lowest BCUT2D eigenvalue weighted by Crippen LogP contribution is -2.48. The molecule has 0 bridgehead atoms. The molecular formula is C37H47N3O4. The Morgan fingerprint density at radius 1 is 0.864 bits per heavy atom. The van der Waals surface area contributed by atoms with Crippen LogP contribution in [0.4, 0.5) is 0 Å². The zero-order valence-electron chi connectivity index (χ0n) is 26.2. The van der Waals surface area contributed by atoms with Crippen molar-refractivity contribution in [2.24, 2.45) is 5.92 Å². The standard InChI is InChI=1S/C37H47N3O4/c1-26-35(24-40-19-7-12-34(40)23-39-17-3-4-18-39)43-37(44-36(26)30-15-13-28(25-41)14-16-30)33-11-6-10-32(21-33)31-9-5-8-29(20-31)22-38-27(2)42/h5-6,8-11,13-16,20-21,26,34-37,41H,3-4,7,12,17-19,22-25H2,1-2H3,(H,38,42)/t26-,34-,35+,36+,37+/m0/s1. The van der Waals surface area contributed by atoms with Crippen molar-refractivity contribution in [1.82, 2.24) is 15.1 Å². The second kappa shape index (κ2) is 14.4. The monoisotopic (exact) mass is 597 g/mol. The molecule has 0 aliphatic carbocycles. The molecule has 7 nitrogen and oxygen atoms in total. The minimum Gasteiger partial charge on any atom is -0.392 e. The zero-order valence-corrected chi connectivity index (χ0v) is 26.2. The van der Waals surface area contributed by atoms with E-state index in [1.54, 1.807) is 0 Å². The van der Waals surface area contributed by atoms with Crippen molar-refractivity contribution >= 4 is 5.91 Å². The number of carbonyl (C=O) groups is 1. The molecule has 44 heavy (non-hydrogen) atoms. The van der Waals surface area contributed by atoms with Crippen LogP contribution in [0.15, 0.2) is 72.8 Å². The second-order valence-electron chi connectivity index (χ2n) is 12.9. The molecule has 7 heteroatoms. The third-order valence-corrected chi connectivity index (χ3v) is 9.67. The van der Waals surface area contributed by atoms with Crippen LogP contribution in [0, 0.1) is 5.92 Å². The van der Waals surface area contributed by atoms with Crippen LogP contribution in [0.5, 0.6) is 0 Å². The molecule has 6 rings (SSSR count). The third kappa shape index (κ3) is 7.41. The summed E-state index contributed by atoms with van der Waals surface area (Å²) in [5.74, 6) is 0.123. The van der Waals surface area contributed by atoms with Gasteiger partial charge in [0.1, 0.15) is 0 Å². The summed E-state index contributed by atoms with van der Waals surface area (Å²) in [6.45, 7) is 9.98. The van der Waals surface area contributed by atoms with E-state index in [4.69, 9.17) is 9.47 Å². The lowest BCUT2D eigenvalue weighted by molar-refractivity contribution is -0.276. The van der Waals surface area contributed by atoms with Gasteiger partial charge in [-0.3, -0.25) is 9.69 Å². The van der Waals surface area contributed by atoms with Gasteiger partial charge in [-0.05, 0) is 85.3 Å². The van der Waals surface area contributed by atoms with E-state index >= 15 is 0 Å². The van der Waals surface area contributed by atoms with Gasteiger partial charge in [0.25, 0.3) is 0 Å². The number of amides is 1. The molecule has 0 spiro atoms. The first kappa shape index (κ1) is 30.9. The van der Waals surface area contributed by atoms with Gasteiger partial charge in [0, 0.05) is 44.1 Å². The third-order valence-electron chi connectivity index (χ3n) is 9.67. The number of likely N-dealkylation sites (tertiary alicyclic amines) is 2. The molecule has 3 saturated heterocycles. The van der Waals surface area contributed by atoms with Crippen molar-refractivity contribution in [3.8, 4) is 11.1 Å². The number of aliphatic hydroxyl groups excluding tert-OH is 1. The predicted molar refractivity (Wildman–Crippen MR) is 173 cm³/mol. The van der Waals surface area contributed by atoms with Crippen LogP contribution < -0.4 is 5.32 Å². The number of benzene rings is 3. The Balaban J connectivity index is 1.25. The molecule has 0 saturated carbocycles. The second-order valence-corrected chi connectivity index (χ2v) is 12.9. The van der Waals surface area contributed by atoms with Gasteiger partial charge in [-0.15, -0.1) is 0 Å².